The van der Waals surface area contributed by atoms with Gasteiger partial charge in [0.05, 0.1) is 6.10 Å². The molecule has 1 N–H and O–H groups in total. The van der Waals surface area contributed by atoms with E-state index in [4.69, 9.17) is 9.47 Å². The molecule has 4 nitrogen and oxygen atoms in total. The van der Waals surface area contributed by atoms with Crippen molar-refractivity contribution in [1.29, 1.82) is 0 Å². The van der Waals surface area contributed by atoms with E-state index in [1.165, 1.54) is 17.5 Å². The second-order valence-electron chi connectivity index (χ2n) is 7.48. The van der Waals surface area contributed by atoms with Gasteiger partial charge in [-0.05, 0) is 43.1 Å². The van der Waals surface area contributed by atoms with Crippen molar-refractivity contribution in [3.05, 3.63) is 65.7 Å². The third-order valence-corrected chi connectivity index (χ3v) is 5.48. The van der Waals surface area contributed by atoms with Gasteiger partial charge in [-0.3, -0.25) is 4.90 Å². The van der Waals surface area contributed by atoms with Crippen molar-refractivity contribution in [2.75, 3.05) is 21.0 Å². The molecule has 4 heteroatoms. The molecular formula is C23H31NO3. The number of nitrogens with zero attached hydrogens (tertiary/aromatic N) is 1. The minimum Gasteiger partial charge on any atom is -0.468 e. The van der Waals surface area contributed by atoms with E-state index in [0.29, 0.717) is 0 Å². The molecular weight excluding hydrogens is 338 g/mol. The highest BCUT2D eigenvalue weighted by molar-refractivity contribution is 5.31. The number of methoxy groups -OCH3 is 1. The SMILES string of the molecule is COCOc1cccc(C([C@H]2CCCC[C@H]2O)N(C)Cc2ccccc2)c1. The molecule has 1 saturated carbocycles. The van der Waals surface area contributed by atoms with Gasteiger partial charge in [0.2, 0.25) is 0 Å². The van der Waals surface area contributed by atoms with Crippen LogP contribution in [0, 0.1) is 5.92 Å². The summed E-state index contributed by atoms with van der Waals surface area (Å²) in [6.45, 7) is 1.08. The third kappa shape index (κ3) is 5.32. The molecule has 3 atom stereocenters. The number of ether oxygens (including phenoxy) is 2. The number of hydrogen-bond acceptors (Lipinski definition) is 4. The van der Waals surface area contributed by atoms with E-state index in [-0.39, 0.29) is 24.9 Å². The Kier molecular flexibility index (Phi) is 7.27. The lowest BCUT2D eigenvalue weighted by Gasteiger charge is -2.40. The van der Waals surface area contributed by atoms with Gasteiger partial charge in [-0.1, -0.05) is 55.3 Å². The van der Waals surface area contributed by atoms with E-state index in [1.54, 1.807) is 7.11 Å². The summed E-state index contributed by atoms with van der Waals surface area (Å²) in [4.78, 5) is 2.37. The van der Waals surface area contributed by atoms with E-state index < -0.39 is 0 Å². The Morgan fingerprint density at radius 2 is 1.85 bits per heavy atom. The zero-order valence-electron chi connectivity index (χ0n) is 16.4. The molecule has 0 saturated heterocycles. The summed E-state index contributed by atoms with van der Waals surface area (Å²) in [5.41, 5.74) is 2.47. The lowest BCUT2D eigenvalue weighted by atomic mass is 9.78. The summed E-state index contributed by atoms with van der Waals surface area (Å²) < 4.78 is 10.7. The zero-order valence-corrected chi connectivity index (χ0v) is 16.4. The first kappa shape index (κ1) is 19.9. The first-order chi connectivity index (χ1) is 13.2. The Morgan fingerprint density at radius 1 is 1.07 bits per heavy atom. The largest absolute Gasteiger partial charge is 0.468 e. The maximum atomic E-state index is 10.7. The molecule has 0 aromatic heterocycles. The normalized spacial score (nSPS) is 21.2. The van der Waals surface area contributed by atoms with Crippen molar-refractivity contribution in [2.24, 2.45) is 5.92 Å². The predicted molar refractivity (Wildman–Crippen MR) is 108 cm³/mol. The number of aliphatic hydroxyl groups is 1. The molecule has 2 aromatic rings. The molecule has 1 aliphatic rings. The molecule has 2 aromatic carbocycles. The van der Waals surface area contributed by atoms with Crippen molar-refractivity contribution in [3.8, 4) is 5.75 Å². The van der Waals surface area contributed by atoms with Crippen LogP contribution in [0.4, 0.5) is 0 Å². The van der Waals surface area contributed by atoms with Gasteiger partial charge in [-0.25, -0.2) is 0 Å². The van der Waals surface area contributed by atoms with E-state index in [1.807, 2.05) is 18.2 Å². The molecule has 1 aliphatic carbocycles. The highest BCUT2D eigenvalue weighted by Gasteiger charge is 2.34. The molecule has 1 fully saturated rings. The van der Waals surface area contributed by atoms with Gasteiger partial charge in [0, 0.05) is 25.6 Å². The molecule has 0 amide bonds. The van der Waals surface area contributed by atoms with Gasteiger partial charge in [0.25, 0.3) is 0 Å². The van der Waals surface area contributed by atoms with Gasteiger partial charge < -0.3 is 14.6 Å². The van der Waals surface area contributed by atoms with Crippen molar-refractivity contribution < 1.29 is 14.6 Å². The van der Waals surface area contributed by atoms with Gasteiger partial charge in [0.1, 0.15) is 5.75 Å². The number of aliphatic hydroxyl groups excluding tert-OH is 1. The number of rotatable bonds is 8. The Balaban J connectivity index is 1.87. The van der Waals surface area contributed by atoms with Crippen LogP contribution in [0.25, 0.3) is 0 Å². The van der Waals surface area contributed by atoms with E-state index in [0.717, 1.165) is 31.6 Å². The van der Waals surface area contributed by atoms with Gasteiger partial charge in [-0.15, -0.1) is 0 Å². The van der Waals surface area contributed by atoms with Gasteiger partial charge >= 0.3 is 0 Å². The molecule has 146 valence electrons. The Morgan fingerprint density at radius 3 is 2.59 bits per heavy atom. The average molecular weight is 370 g/mol. The zero-order chi connectivity index (χ0) is 19.1. The minimum absolute atomic E-state index is 0.145. The predicted octanol–water partition coefficient (Wildman–Crippen LogP) is 4.39. The number of benzene rings is 2. The summed E-state index contributed by atoms with van der Waals surface area (Å²) >= 11 is 0. The van der Waals surface area contributed by atoms with Crippen LogP contribution in [0.3, 0.4) is 0 Å². The van der Waals surface area contributed by atoms with Crippen LogP contribution in [0.5, 0.6) is 5.75 Å². The molecule has 0 aliphatic heterocycles. The Labute approximate surface area is 162 Å². The van der Waals surface area contributed by atoms with Crippen molar-refractivity contribution >= 4 is 0 Å². The molecule has 27 heavy (non-hydrogen) atoms. The average Bonchev–Trinajstić information content (AvgIpc) is 2.69. The summed E-state index contributed by atoms with van der Waals surface area (Å²) in [5, 5.41) is 10.7. The van der Waals surface area contributed by atoms with E-state index >= 15 is 0 Å². The van der Waals surface area contributed by atoms with Crippen LogP contribution in [-0.4, -0.2) is 37.1 Å². The summed E-state index contributed by atoms with van der Waals surface area (Å²) in [7, 11) is 3.78. The Bertz CT molecular complexity index is 691. The monoisotopic (exact) mass is 369 g/mol. The van der Waals surface area contributed by atoms with Crippen LogP contribution in [0.1, 0.15) is 42.9 Å². The molecule has 0 bridgehead atoms. The second-order valence-corrected chi connectivity index (χ2v) is 7.48. The second kappa shape index (κ2) is 9.88. The molecule has 3 rings (SSSR count). The molecule has 0 heterocycles. The lowest BCUT2D eigenvalue weighted by Crippen LogP contribution is -2.38. The first-order valence-electron chi connectivity index (χ1n) is 9.83. The van der Waals surface area contributed by atoms with Crippen LogP contribution in [0.2, 0.25) is 0 Å². The van der Waals surface area contributed by atoms with Crippen LogP contribution in [-0.2, 0) is 11.3 Å². The maximum Gasteiger partial charge on any atom is 0.188 e. The van der Waals surface area contributed by atoms with Crippen molar-refractivity contribution in [3.63, 3.8) is 0 Å². The fourth-order valence-corrected chi connectivity index (χ4v) is 4.22. The molecule has 0 spiro atoms. The first-order valence-corrected chi connectivity index (χ1v) is 9.83. The van der Waals surface area contributed by atoms with Crippen LogP contribution >= 0.6 is 0 Å². The maximum absolute atomic E-state index is 10.7. The standard InChI is InChI=1S/C23H31NO3/c1-24(16-18-9-4-3-5-10-18)23(21-13-6-7-14-22(21)25)19-11-8-12-20(15-19)27-17-26-2/h3-5,8-12,15,21-23,25H,6-7,13-14,16-17H2,1-2H3/t21-,22+,23?/m0/s1. The van der Waals surface area contributed by atoms with Crippen LogP contribution < -0.4 is 4.74 Å². The fourth-order valence-electron chi connectivity index (χ4n) is 4.22. The number of hydrogen-bond donors (Lipinski definition) is 1. The van der Waals surface area contributed by atoms with E-state index in [2.05, 4.69) is 48.3 Å². The summed E-state index contributed by atoms with van der Waals surface area (Å²) in [5.74, 6) is 1.03. The smallest absolute Gasteiger partial charge is 0.188 e. The van der Waals surface area contributed by atoms with Crippen molar-refractivity contribution in [1.82, 2.24) is 4.90 Å². The lowest BCUT2D eigenvalue weighted by molar-refractivity contribution is 0.0128. The summed E-state index contributed by atoms with van der Waals surface area (Å²) in [6.07, 6.45) is 3.97. The Hall–Kier alpha value is -1.88. The topological polar surface area (TPSA) is 41.9 Å². The highest BCUT2D eigenvalue weighted by atomic mass is 16.7. The third-order valence-electron chi connectivity index (χ3n) is 5.48. The molecule has 0 radical (unpaired) electrons. The van der Waals surface area contributed by atoms with Gasteiger partial charge in [-0.2, -0.15) is 0 Å². The van der Waals surface area contributed by atoms with E-state index in [9.17, 15) is 5.11 Å². The van der Waals surface area contributed by atoms with Gasteiger partial charge in [0.15, 0.2) is 6.79 Å². The summed E-state index contributed by atoms with van der Waals surface area (Å²) in [6, 6.07) is 18.9. The van der Waals surface area contributed by atoms with Crippen molar-refractivity contribution in [2.45, 2.75) is 44.4 Å². The van der Waals surface area contributed by atoms with Crippen LogP contribution in [0.15, 0.2) is 54.6 Å². The highest BCUT2D eigenvalue weighted by Crippen LogP contribution is 2.39. The molecule has 1 unspecified atom stereocenters. The quantitative estimate of drug-likeness (QED) is 0.701. The fraction of sp³-hybridized carbons (Fsp3) is 0.478. The minimum atomic E-state index is -0.259.